The molecule has 2 heterocycles. The van der Waals surface area contributed by atoms with Crippen LogP contribution in [0.25, 0.3) is 10.2 Å². The Morgan fingerprint density at radius 1 is 1.36 bits per heavy atom. The second-order valence-corrected chi connectivity index (χ2v) is 6.03. The summed E-state index contributed by atoms with van der Waals surface area (Å²) >= 11 is 7.69. The van der Waals surface area contributed by atoms with E-state index in [9.17, 15) is 10.1 Å². The summed E-state index contributed by atoms with van der Waals surface area (Å²) in [6, 6.07) is 6.39. The number of rotatable bonds is 4. The van der Waals surface area contributed by atoms with Crippen molar-refractivity contribution in [3.05, 3.63) is 56.7 Å². The van der Waals surface area contributed by atoms with Gasteiger partial charge >= 0.3 is 0 Å². The van der Waals surface area contributed by atoms with Gasteiger partial charge in [0, 0.05) is 30.7 Å². The third-order valence-corrected chi connectivity index (χ3v) is 4.44. The van der Waals surface area contributed by atoms with Gasteiger partial charge in [-0.1, -0.05) is 11.6 Å². The van der Waals surface area contributed by atoms with E-state index in [1.165, 1.54) is 18.5 Å². The third kappa shape index (κ3) is 2.72. The van der Waals surface area contributed by atoms with E-state index in [0.717, 1.165) is 16.0 Å². The molecule has 0 radical (unpaired) electrons. The van der Waals surface area contributed by atoms with Gasteiger partial charge in [-0.2, -0.15) is 0 Å². The first-order chi connectivity index (χ1) is 10.6. The maximum atomic E-state index is 10.9. The van der Waals surface area contributed by atoms with Crippen LogP contribution in [0.2, 0.25) is 5.02 Å². The summed E-state index contributed by atoms with van der Waals surface area (Å²) in [6.07, 6.45) is 1.51. The van der Waals surface area contributed by atoms with E-state index < -0.39 is 4.92 Å². The van der Waals surface area contributed by atoms with Crippen molar-refractivity contribution in [2.45, 2.75) is 6.54 Å². The van der Waals surface area contributed by atoms with Gasteiger partial charge in [-0.3, -0.25) is 10.1 Å². The Balaban J connectivity index is 1.94. The van der Waals surface area contributed by atoms with E-state index in [1.807, 2.05) is 23.4 Å². The number of non-ortho nitro benzene ring substituents is 1. The normalized spacial score (nSPS) is 10.8. The van der Waals surface area contributed by atoms with Gasteiger partial charge in [-0.15, -0.1) is 11.3 Å². The predicted octanol–water partition coefficient (Wildman–Crippen LogP) is 3.89. The van der Waals surface area contributed by atoms with Crippen molar-refractivity contribution < 1.29 is 4.92 Å². The van der Waals surface area contributed by atoms with Gasteiger partial charge in [0.2, 0.25) is 0 Å². The van der Waals surface area contributed by atoms with Gasteiger partial charge in [0.15, 0.2) is 0 Å². The minimum atomic E-state index is -0.429. The molecule has 22 heavy (non-hydrogen) atoms. The Morgan fingerprint density at radius 2 is 2.18 bits per heavy atom. The molecule has 0 aliphatic carbocycles. The third-order valence-electron chi connectivity index (χ3n) is 3.25. The van der Waals surface area contributed by atoms with Crippen molar-refractivity contribution in [3.63, 3.8) is 0 Å². The average molecular weight is 335 g/mol. The molecule has 0 atom stereocenters. The zero-order valence-corrected chi connectivity index (χ0v) is 13.1. The second-order valence-electron chi connectivity index (χ2n) is 4.73. The number of thiophene rings is 1. The van der Waals surface area contributed by atoms with Crippen molar-refractivity contribution in [2.24, 2.45) is 0 Å². The highest BCUT2D eigenvalue weighted by atomic mass is 35.5. The number of hydrogen-bond acceptors (Lipinski definition) is 6. The Kier molecular flexibility index (Phi) is 3.91. The van der Waals surface area contributed by atoms with Crippen molar-refractivity contribution in [1.82, 2.24) is 9.97 Å². The van der Waals surface area contributed by atoms with Crippen LogP contribution in [0, 0.1) is 10.1 Å². The van der Waals surface area contributed by atoms with Crippen LogP contribution in [-0.4, -0.2) is 21.9 Å². The molecular formula is C14H11ClN4O2S. The molecule has 8 heteroatoms. The van der Waals surface area contributed by atoms with Crippen LogP contribution in [0.5, 0.6) is 0 Å². The van der Waals surface area contributed by atoms with Gasteiger partial charge in [0.25, 0.3) is 5.69 Å². The van der Waals surface area contributed by atoms with Gasteiger partial charge in [-0.05, 0) is 23.1 Å². The topological polar surface area (TPSA) is 72.2 Å². The zero-order valence-electron chi connectivity index (χ0n) is 11.6. The van der Waals surface area contributed by atoms with Crippen molar-refractivity contribution in [3.8, 4) is 0 Å². The SMILES string of the molecule is CN(Cc1cc([N+](=O)[O-])ccc1Cl)c1ncnc2sccc12. The number of hydrogen-bond donors (Lipinski definition) is 0. The van der Waals surface area contributed by atoms with Gasteiger partial charge < -0.3 is 4.90 Å². The van der Waals surface area contributed by atoms with E-state index in [1.54, 1.807) is 17.4 Å². The van der Waals surface area contributed by atoms with Crippen LogP contribution >= 0.6 is 22.9 Å². The summed E-state index contributed by atoms with van der Waals surface area (Å²) in [5.74, 6) is 0.772. The van der Waals surface area contributed by atoms with E-state index in [-0.39, 0.29) is 5.69 Å². The van der Waals surface area contributed by atoms with Crippen molar-refractivity contribution in [1.29, 1.82) is 0 Å². The fraction of sp³-hybridized carbons (Fsp3) is 0.143. The standard InChI is InChI=1S/C14H11ClN4O2S/c1-18(13-11-4-5-22-14(11)17-8-16-13)7-9-6-10(19(20)21)2-3-12(9)15/h2-6,8H,7H2,1H3. The lowest BCUT2D eigenvalue weighted by atomic mass is 10.2. The van der Waals surface area contributed by atoms with Crippen LogP contribution < -0.4 is 4.90 Å². The monoisotopic (exact) mass is 334 g/mol. The van der Waals surface area contributed by atoms with E-state index in [4.69, 9.17) is 11.6 Å². The molecule has 0 N–H and O–H groups in total. The van der Waals surface area contributed by atoms with Crippen LogP contribution in [-0.2, 0) is 6.54 Å². The summed E-state index contributed by atoms with van der Waals surface area (Å²) < 4.78 is 0. The molecule has 2 aromatic heterocycles. The highest BCUT2D eigenvalue weighted by molar-refractivity contribution is 7.16. The number of aromatic nitrogens is 2. The minimum absolute atomic E-state index is 0.0242. The Labute approximate surface area is 135 Å². The molecular weight excluding hydrogens is 324 g/mol. The fourth-order valence-electron chi connectivity index (χ4n) is 2.21. The number of nitro benzene ring substituents is 1. The predicted molar refractivity (Wildman–Crippen MR) is 87.6 cm³/mol. The molecule has 0 saturated heterocycles. The maximum absolute atomic E-state index is 10.9. The Hall–Kier alpha value is -2.25. The van der Waals surface area contributed by atoms with Gasteiger partial charge in [-0.25, -0.2) is 9.97 Å². The summed E-state index contributed by atoms with van der Waals surface area (Å²) in [5.41, 5.74) is 0.705. The number of anilines is 1. The maximum Gasteiger partial charge on any atom is 0.269 e. The first-order valence-electron chi connectivity index (χ1n) is 6.38. The summed E-state index contributed by atoms with van der Waals surface area (Å²) in [5, 5.41) is 14.3. The largest absolute Gasteiger partial charge is 0.355 e. The Bertz CT molecular complexity index is 852. The molecule has 1 aromatic carbocycles. The molecule has 0 saturated carbocycles. The van der Waals surface area contributed by atoms with Crippen LogP contribution in [0.1, 0.15) is 5.56 Å². The quantitative estimate of drug-likeness (QED) is 0.534. The number of halogens is 1. The van der Waals surface area contributed by atoms with Gasteiger partial charge in [0.05, 0.1) is 10.3 Å². The fourth-order valence-corrected chi connectivity index (χ4v) is 3.11. The molecule has 112 valence electrons. The van der Waals surface area contributed by atoms with Crippen LogP contribution in [0.3, 0.4) is 0 Å². The molecule has 0 fully saturated rings. The highest BCUT2D eigenvalue weighted by Crippen LogP contribution is 2.29. The molecule has 0 amide bonds. The smallest absolute Gasteiger partial charge is 0.269 e. The number of benzene rings is 1. The lowest BCUT2D eigenvalue weighted by Crippen LogP contribution is -2.18. The van der Waals surface area contributed by atoms with E-state index in [0.29, 0.717) is 17.1 Å². The Morgan fingerprint density at radius 3 is 2.95 bits per heavy atom. The number of nitro groups is 1. The van der Waals surface area contributed by atoms with Crippen LogP contribution in [0.15, 0.2) is 36.0 Å². The first kappa shape index (κ1) is 14.7. The lowest BCUT2D eigenvalue weighted by molar-refractivity contribution is -0.384. The molecule has 0 aliphatic rings. The van der Waals surface area contributed by atoms with Gasteiger partial charge in [0.1, 0.15) is 17.0 Å². The molecule has 0 spiro atoms. The molecule has 3 aromatic rings. The molecule has 3 rings (SSSR count). The molecule has 0 unspecified atom stereocenters. The lowest BCUT2D eigenvalue weighted by Gasteiger charge is -2.19. The molecule has 0 aliphatic heterocycles. The zero-order chi connectivity index (χ0) is 15.7. The average Bonchev–Trinajstić information content (AvgIpc) is 2.97. The molecule has 6 nitrogen and oxygen atoms in total. The highest BCUT2D eigenvalue weighted by Gasteiger charge is 2.14. The summed E-state index contributed by atoms with van der Waals surface area (Å²) in [7, 11) is 1.87. The summed E-state index contributed by atoms with van der Waals surface area (Å²) in [6.45, 7) is 0.419. The first-order valence-corrected chi connectivity index (χ1v) is 7.64. The second kappa shape index (κ2) is 5.86. The van der Waals surface area contributed by atoms with Crippen LogP contribution in [0.4, 0.5) is 11.5 Å². The van der Waals surface area contributed by atoms with Crippen molar-refractivity contribution in [2.75, 3.05) is 11.9 Å². The summed E-state index contributed by atoms with van der Waals surface area (Å²) in [4.78, 5) is 21.8. The van der Waals surface area contributed by atoms with E-state index >= 15 is 0 Å². The molecule has 0 bridgehead atoms. The number of nitrogens with zero attached hydrogens (tertiary/aromatic N) is 4. The van der Waals surface area contributed by atoms with Crippen molar-refractivity contribution >= 4 is 44.7 Å². The minimum Gasteiger partial charge on any atom is -0.355 e. The van der Waals surface area contributed by atoms with E-state index in [2.05, 4.69) is 9.97 Å². The number of fused-ring (bicyclic) bond motifs is 1.